The average molecular weight is 377 g/mol. The highest BCUT2D eigenvalue weighted by atomic mass is 35.5. The second kappa shape index (κ2) is 7.61. The van der Waals surface area contributed by atoms with Crippen molar-refractivity contribution in [1.29, 1.82) is 0 Å². The maximum absolute atomic E-state index is 11.3. The molecule has 27 heavy (non-hydrogen) atoms. The fourth-order valence-corrected chi connectivity index (χ4v) is 3.86. The topological polar surface area (TPSA) is 42.9 Å². The molecule has 2 aromatic carbocycles. The molecule has 0 amide bonds. The number of hydrogen-bond donors (Lipinski definition) is 0. The van der Waals surface area contributed by atoms with Gasteiger partial charge in [0, 0.05) is 29.1 Å². The molecule has 4 heteroatoms. The zero-order chi connectivity index (χ0) is 18.8. The first-order valence-electron chi connectivity index (χ1n) is 9.30. The summed E-state index contributed by atoms with van der Waals surface area (Å²) in [6.45, 7) is 1.62. The molecule has 0 spiro atoms. The Morgan fingerprint density at radius 2 is 1.81 bits per heavy atom. The molecule has 1 aliphatic carbocycles. The quantitative estimate of drug-likeness (QED) is 0.628. The van der Waals surface area contributed by atoms with Gasteiger partial charge >= 0.3 is 0 Å². The Morgan fingerprint density at radius 3 is 2.56 bits per heavy atom. The Balaban J connectivity index is 1.67. The van der Waals surface area contributed by atoms with E-state index in [4.69, 9.17) is 21.6 Å². The molecule has 0 aliphatic heterocycles. The average Bonchev–Trinajstić information content (AvgIpc) is 3.12. The normalized spacial score (nSPS) is 12.8. The lowest BCUT2D eigenvalue weighted by Crippen LogP contribution is -2.05. The number of hydrogen-bond acceptors (Lipinski definition) is 3. The molecule has 0 atom stereocenters. The van der Waals surface area contributed by atoms with Crippen LogP contribution in [-0.4, -0.2) is 15.8 Å². The Bertz CT molecular complexity index is 996. The van der Waals surface area contributed by atoms with Crippen LogP contribution in [0.15, 0.2) is 48.5 Å². The SMILES string of the molecule is CC(=O)Cc1ccc(Cc2nc(-c3cccc(Cl)c3)nc3c2CCC3)cc1. The van der Waals surface area contributed by atoms with Crippen LogP contribution in [0.2, 0.25) is 5.02 Å². The van der Waals surface area contributed by atoms with Gasteiger partial charge in [-0.3, -0.25) is 4.79 Å². The largest absolute Gasteiger partial charge is 0.300 e. The van der Waals surface area contributed by atoms with E-state index in [-0.39, 0.29) is 5.78 Å². The maximum atomic E-state index is 11.3. The summed E-state index contributed by atoms with van der Waals surface area (Å²) in [5, 5.41) is 0.694. The monoisotopic (exact) mass is 376 g/mol. The highest BCUT2D eigenvalue weighted by molar-refractivity contribution is 6.30. The Kier molecular flexibility index (Phi) is 5.04. The van der Waals surface area contributed by atoms with Gasteiger partial charge in [0.25, 0.3) is 0 Å². The number of aryl methyl sites for hydroxylation is 1. The van der Waals surface area contributed by atoms with E-state index in [1.165, 1.54) is 16.8 Å². The van der Waals surface area contributed by atoms with Crippen molar-refractivity contribution in [3.63, 3.8) is 0 Å². The van der Waals surface area contributed by atoms with Crippen LogP contribution < -0.4 is 0 Å². The van der Waals surface area contributed by atoms with Crippen molar-refractivity contribution in [3.05, 3.63) is 81.6 Å². The third-order valence-electron chi connectivity index (χ3n) is 4.95. The van der Waals surface area contributed by atoms with Gasteiger partial charge in [0.1, 0.15) is 5.78 Å². The van der Waals surface area contributed by atoms with E-state index in [9.17, 15) is 4.79 Å². The van der Waals surface area contributed by atoms with Gasteiger partial charge < -0.3 is 0 Å². The van der Waals surface area contributed by atoms with Crippen LogP contribution in [-0.2, 0) is 30.5 Å². The molecular formula is C23H21ClN2O. The van der Waals surface area contributed by atoms with Gasteiger partial charge in [0.05, 0.1) is 5.69 Å². The van der Waals surface area contributed by atoms with Gasteiger partial charge in [-0.2, -0.15) is 0 Å². The minimum absolute atomic E-state index is 0.183. The third kappa shape index (κ3) is 4.09. The molecule has 0 unspecified atom stereocenters. The minimum Gasteiger partial charge on any atom is -0.300 e. The number of rotatable bonds is 5. The van der Waals surface area contributed by atoms with Crippen LogP contribution in [0.4, 0.5) is 0 Å². The van der Waals surface area contributed by atoms with E-state index in [0.29, 0.717) is 11.4 Å². The fraction of sp³-hybridized carbons (Fsp3) is 0.261. The van der Waals surface area contributed by atoms with Crippen LogP contribution in [0.3, 0.4) is 0 Å². The number of carbonyl (C=O) groups excluding carboxylic acids is 1. The van der Waals surface area contributed by atoms with Crippen molar-refractivity contribution < 1.29 is 4.79 Å². The number of aromatic nitrogens is 2. The summed E-state index contributed by atoms with van der Waals surface area (Å²) >= 11 is 6.15. The van der Waals surface area contributed by atoms with Crippen molar-refractivity contribution in [2.24, 2.45) is 0 Å². The molecule has 0 N–H and O–H groups in total. The fourth-order valence-electron chi connectivity index (χ4n) is 3.67. The first kappa shape index (κ1) is 17.9. The van der Waals surface area contributed by atoms with Gasteiger partial charge in [-0.25, -0.2) is 9.97 Å². The third-order valence-corrected chi connectivity index (χ3v) is 5.18. The van der Waals surface area contributed by atoms with Crippen molar-refractivity contribution in [2.75, 3.05) is 0 Å². The van der Waals surface area contributed by atoms with E-state index in [2.05, 4.69) is 12.1 Å². The lowest BCUT2D eigenvalue weighted by Gasteiger charge is -2.11. The van der Waals surface area contributed by atoms with E-state index in [1.807, 2.05) is 36.4 Å². The second-order valence-electron chi connectivity index (χ2n) is 7.16. The molecule has 136 valence electrons. The van der Waals surface area contributed by atoms with Gasteiger partial charge in [-0.05, 0) is 55.0 Å². The molecule has 0 bridgehead atoms. The van der Waals surface area contributed by atoms with E-state index >= 15 is 0 Å². The summed E-state index contributed by atoms with van der Waals surface area (Å²) < 4.78 is 0. The van der Waals surface area contributed by atoms with Crippen LogP contribution in [0.1, 0.15) is 41.4 Å². The van der Waals surface area contributed by atoms with Crippen molar-refractivity contribution in [3.8, 4) is 11.4 Å². The maximum Gasteiger partial charge on any atom is 0.159 e. The van der Waals surface area contributed by atoms with Gasteiger partial charge in [0.2, 0.25) is 0 Å². The molecule has 1 aliphatic rings. The lowest BCUT2D eigenvalue weighted by atomic mass is 10.0. The van der Waals surface area contributed by atoms with E-state index in [1.54, 1.807) is 6.92 Å². The lowest BCUT2D eigenvalue weighted by molar-refractivity contribution is -0.116. The Hall–Kier alpha value is -2.52. The van der Waals surface area contributed by atoms with E-state index in [0.717, 1.165) is 48.3 Å². The number of halogens is 1. The molecule has 0 saturated heterocycles. The summed E-state index contributed by atoms with van der Waals surface area (Å²) in [4.78, 5) is 21.0. The number of carbonyl (C=O) groups is 1. The second-order valence-corrected chi connectivity index (χ2v) is 7.59. The molecule has 1 heterocycles. The van der Waals surface area contributed by atoms with Crippen molar-refractivity contribution in [2.45, 2.75) is 39.0 Å². The number of nitrogens with zero attached hydrogens (tertiary/aromatic N) is 2. The smallest absolute Gasteiger partial charge is 0.159 e. The number of ketones is 1. The molecular weight excluding hydrogens is 356 g/mol. The van der Waals surface area contributed by atoms with Crippen LogP contribution in [0.25, 0.3) is 11.4 Å². The molecule has 0 fully saturated rings. The highest BCUT2D eigenvalue weighted by Gasteiger charge is 2.20. The van der Waals surface area contributed by atoms with Crippen molar-refractivity contribution in [1.82, 2.24) is 9.97 Å². The molecule has 4 rings (SSSR count). The summed E-state index contributed by atoms with van der Waals surface area (Å²) in [5.41, 5.74) is 6.78. The number of fused-ring (bicyclic) bond motifs is 1. The van der Waals surface area contributed by atoms with Crippen molar-refractivity contribution >= 4 is 17.4 Å². The van der Waals surface area contributed by atoms with Gasteiger partial charge in [0.15, 0.2) is 5.82 Å². The van der Waals surface area contributed by atoms with E-state index < -0.39 is 0 Å². The van der Waals surface area contributed by atoms with Gasteiger partial charge in [-0.1, -0.05) is 48.0 Å². The Morgan fingerprint density at radius 1 is 1.04 bits per heavy atom. The standard InChI is InChI=1S/C23H21ClN2O/c1-15(27)12-16-8-10-17(11-9-16)13-22-20-6-3-7-21(20)25-23(26-22)18-4-2-5-19(24)14-18/h2,4-5,8-11,14H,3,6-7,12-13H2,1H3. The van der Waals surface area contributed by atoms with Crippen LogP contribution in [0, 0.1) is 0 Å². The first-order chi connectivity index (χ1) is 13.1. The summed E-state index contributed by atoms with van der Waals surface area (Å²) in [6.07, 6.45) is 4.45. The summed E-state index contributed by atoms with van der Waals surface area (Å²) in [5.74, 6) is 0.934. The molecule has 1 aromatic heterocycles. The molecule has 3 aromatic rings. The van der Waals surface area contributed by atoms with Crippen LogP contribution in [0.5, 0.6) is 0 Å². The number of Topliss-reactive ketones (excluding diaryl/α,β-unsaturated/α-hetero) is 1. The zero-order valence-electron chi connectivity index (χ0n) is 15.3. The molecule has 3 nitrogen and oxygen atoms in total. The molecule has 0 radical (unpaired) electrons. The zero-order valence-corrected chi connectivity index (χ0v) is 16.1. The van der Waals surface area contributed by atoms with Crippen LogP contribution >= 0.6 is 11.6 Å². The summed E-state index contributed by atoms with van der Waals surface area (Å²) in [6, 6.07) is 16.0. The predicted octanol–water partition coefficient (Wildman–Crippen LogP) is 5.01. The summed E-state index contributed by atoms with van der Waals surface area (Å²) in [7, 11) is 0. The highest BCUT2D eigenvalue weighted by Crippen LogP contribution is 2.28. The minimum atomic E-state index is 0.183. The molecule has 0 saturated carbocycles. The predicted molar refractivity (Wildman–Crippen MR) is 108 cm³/mol. The Labute approximate surface area is 164 Å². The number of benzene rings is 2. The van der Waals surface area contributed by atoms with Gasteiger partial charge in [-0.15, -0.1) is 0 Å². The first-order valence-corrected chi connectivity index (χ1v) is 9.68.